The second-order valence-corrected chi connectivity index (χ2v) is 9.13. The van der Waals surface area contributed by atoms with Gasteiger partial charge in [0.15, 0.2) is 11.0 Å². The van der Waals surface area contributed by atoms with Crippen molar-refractivity contribution < 1.29 is 9.53 Å². The van der Waals surface area contributed by atoms with E-state index < -0.39 is 0 Å². The summed E-state index contributed by atoms with van der Waals surface area (Å²) in [6.45, 7) is 5.71. The Morgan fingerprint density at radius 2 is 1.74 bits per heavy atom. The first-order valence-electron chi connectivity index (χ1n) is 10.7. The first-order valence-corrected chi connectivity index (χ1v) is 11.6. The summed E-state index contributed by atoms with van der Waals surface area (Å²) >= 11 is 1.46. The van der Waals surface area contributed by atoms with Crippen LogP contribution in [0.4, 0.5) is 0 Å². The standard InChI is InChI=1S/C24H28N4O2S/c1-17-11-13-19(14-12-17)28-22(20-9-5-6-10-21(20)30-3)25-26-24(28)31-18(2)23(29)27-15-7-4-8-16-27/h5-6,9-14,18H,4,7-8,15-16H2,1-3H3. The lowest BCUT2D eigenvalue weighted by molar-refractivity contribution is -0.131. The molecule has 0 radical (unpaired) electrons. The fourth-order valence-corrected chi connectivity index (χ4v) is 4.81. The second-order valence-electron chi connectivity index (χ2n) is 7.82. The van der Waals surface area contributed by atoms with Crippen LogP contribution in [-0.4, -0.2) is 51.0 Å². The van der Waals surface area contributed by atoms with E-state index in [1.165, 1.54) is 23.7 Å². The number of ether oxygens (including phenoxy) is 1. The molecule has 1 amide bonds. The summed E-state index contributed by atoms with van der Waals surface area (Å²) in [6.07, 6.45) is 3.37. The number of piperidine rings is 1. The van der Waals surface area contributed by atoms with E-state index in [1.54, 1.807) is 7.11 Å². The highest BCUT2D eigenvalue weighted by molar-refractivity contribution is 8.00. The number of carbonyl (C=O) groups is 1. The number of hydrogen-bond acceptors (Lipinski definition) is 5. The Kier molecular flexibility index (Phi) is 6.61. The van der Waals surface area contributed by atoms with Gasteiger partial charge in [0.05, 0.1) is 17.9 Å². The molecule has 162 valence electrons. The van der Waals surface area contributed by atoms with Gasteiger partial charge in [-0.25, -0.2) is 0 Å². The summed E-state index contributed by atoms with van der Waals surface area (Å²) in [5.41, 5.74) is 3.00. The molecule has 0 saturated carbocycles. The molecule has 7 heteroatoms. The van der Waals surface area contributed by atoms with Gasteiger partial charge in [-0.05, 0) is 57.4 Å². The summed E-state index contributed by atoms with van der Waals surface area (Å²) in [5.74, 6) is 1.60. The van der Waals surface area contributed by atoms with Crippen molar-refractivity contribution in [2.24, 2.45) is 0 Å². The van der Waals surface area contributed by atoms with Gasteiger partial charge in [0.1, 0.15) is 5.75 Å². The van der Waals surface area contributed by atoms with Crippen molar-refractivity contribution in [1.29, 1.82) is 0 Å². The molecule has 6 nitrogen and oxygen atoms in total. The van der Waals surface area contributed by atoms with Crippen LogP contribution in [0.1, 0.15) is 31.7 Å². The molecule has 1 unspecified atom stereocenters. The number of rotatable bonds is 6. The van der Waals surface area contributed by atoms with E-state index in [9.17, 15) is 4.79 Å². The third-order valence-electron chi connectivity index (χ3n) is 5.57. The van der Waals surface area contributed by atoms with Crippen molar-refractivity contribution in [2.45, 2.75) is 43.5 Å². The second kappa shape index (κ2) is 9.56. The van der Waals surface area contributed by atoms with Crippen molar-refractivity contribution in [3.8, 4) is 22.8 Å². The lowest BCUT2D eigenvalue weighted by Crippen LogP contribution is -2.40. The fourth-order valence-electron chi connectivity index (χ4n) is 3.86. The van der Waals surface area contributed by atoms with E-state index in [0.717, 1.165) is 42.9 Å². The van der Waals surface area contributed by atoms with Gasteiger partial charge in [-0.3, -0.25) is 9.36 Å². The molecular formula is C24H28N4O2S. The predicted molar refractivity (Wildman–Crippen MR) is 124 cm³/mol. The Bertz CT molecular complexity index is 1040. The van der Waals surface area contributed by atoms with Gasteiger partial charge in [-0.1, -0.05) is 41.6 Å². The molecule has 4 rings (SSSR count). The molecule has 1 aliphatic heterocycles. The molecule has 2 heterocycles. The molecule has 0 spiro atoms. The molecule has 1 fully saturated rings. The maximum absolute atomic E-state index is 13.0. The summed E-state index contributed by atoms with van der Waals surface area (Å²) < 4.78 is 7.58. The molecule has 0 N–H and O–H groups in total. The van der Waals surface area contributed by atoms with Crippen LogP contribution in [0.2, 0.25) is 0 Å². The Hall–Kier alpha value is -2.80. The number of hydrogen-bond donors (Lipinski definition) is 0. The zero-order chi connectivity index (χ0) is 21.8. The molecule has 3 aromatic rings. The monoisotopic (exact) mass is 436 g/mol. The normalized spacial score (nSPS) is 15.0. The third-order valence-corrected chi connectivity index (χ3v) is 6.60. The van der Waals surface area contributed by atoms with Crippen molar-refractivity contribution in [3.63, 3.8) is 0 Å². The first kappa shape index (κ1) is 21.4. The minimum atomic E-state index is -0.239. The van der Waals surface area contributed by atoms with Crippen LogP contribution in [0, 0.1) is 6.92 Å². The van der Waals surface area contributed by atoms with Crippen LogP contribution >= 0.6 is 11.8 Å². The molecule has 0 aliphatic carbocycles. The Labute approximate surface area is 187 Å². The van der Waals surface area contributed by atoms with E-state index in [1.807, 2.05) is 40.7 Å². The summed E-state index contributed by atoms with van der Waals surface area (Å²) in [5, 5.41) is 9.45. The zero-order valence-electron chi connectivity index (χ0n) is 18.2. The van der Waals surface area contributed by atoms with Gasteiger partial charge in [0.2, 0.25) is 5.91 Å². The van der Waals surface area contributed by atoms with Crippen LogP contribution < -0.4 is 4.74 Å². The first-order chi connectivity index (χ1) is 15.1. The quantitative estimate of drug-likeness (QED) is 0.522. The number of carbonyl (C=O) groups excluding carboxylic acids is 1. The van der Waals surface area contributed by atoms with Gasteiger partial charge < -0.3 is 9.64 Å². The van der Waals surface area contributed by atoms with Crippen molar-refractivity contribution in [2.75, 3.05) is 20.2 Å². The number of amides is 1. The molecule has 1 saturated heterocycles. The number of likely N-dealkylation sites (tertiary alicyclic amines) is 1. The molecule has 1 aromatic heterocycles. The zero-order valence-corrected chi connectivity index (χ0v) is 19.1. The van der Waals surface area contributed by atoms with Gasteiger partial charge in [0, 0.05) is 18.8 Å². The maximum Gasteiger partial charge on any atom is 0.235 e. The SMILES string of the molecule is COc1ccccc1-c1nnc(SC(C)C(=O)N2CCCCC2)n1-c1ccc(C)cc1. The van der Waals surface area contributed by atoms with Gasteiger partial charge in [0.25, 0.3) is 0 Å². The predicted octanol–water partition coefficient (Wildman–Crippen LogP) is 4.74. The summed E-state index contributed by atoms with van der Waals surface area (Å²) in [6, 6.07) is 16.0. The van der Waals surface area contributed by atoms with E-state index in [-0.39, 0.29) is 11.2 Å². The van der Waals surface area contributed by atoms with E-state index >= 15 is 0 Å². The van der Waals surface area contributed by atoms with Crippen LogP contribution in [0.25, 0.3) is 17.1 Å². The topological polar surface area (TPSA) is 60.3 Å². The van der Waals surface area contributed by atoms with Crippen molar-refractivity contribution in [1.82, 2.24) is 19.7 Å². The van der Waals surface area contributed by atoms with Gasteiger partial charge in [-0.2, -0.15) is 0 Å². The third kappa shape index (κ3) is 4.61. The van der Waals surface area contributed by atoms with Crippen LogP contribution in [0.3, 0.4) is 0 Å². The van der Waals surface area contributed by atoms with Crippen molar-refractivity contribution >= 4 is 17.7 Å². The number of nitrogens with zero attached hydrogens (tertiary/aromatic N) is 4. The smallest absolute Gasteiger partial charge is 0.235 e. The highest BCUT2D eigenvalue weighted by atomic mass is 32.2. The average molecular weight is 437 g/mol. The van der Waals surface area contributed by atoms with E-state index in [2.05, 4.69) is 41.4 Å². The van der Waals surface area contributed by atoms with Crippen molar-refractivity contribution in [3.05, 3.63) is 54.1 Å². The Morgan fingerprint density at radius 1 is 1.03 bits per heavy atom. The average Bonchev–Trinajstić information content (AvgIpc) is 3.22. The van der Waals surface area contributed by atoms with Crippen LogP contribution in [-0.2, 0) is 4.79 Å². The van der Waals surface area contributed by atoms with Crippen LogP contribution in [0.5, 0.6) is 5.75 Å². The minimum absolute atomic E-state index is 0.169. The molecule has 31 heavy (non-hydrogen) atoms. The molecule has 1 atom stereocenters. The largest absolute Gasteiger partial charge is 0.496 e. The fraction of sp³-hybridized carbons (Fsp3) is 0.375. The van der Waals surface area contributed by atoms with Gasteiger partial charge >= 0.3 is 0 Å². The minimum Gasteiger partial charge on any atom is -0.496 e. The molecule has 0 bridgehead atoms. The summed E-state index contributed by atoms with van der Waals surface area (Å²) in [7, 11) is 1.65. The number of thioether (sulfide) groups is 1. The van der Waals surface area contributed by atoms with E-state index in [0.29, 0.717) is 11.0 Å². The molecule has 1 aliphatic rings. The Morgan fingerprint density at radius 3 is 2.45 bits per heavy atom. The van der Waals surface area contributed by atoms with Crippen LogP contribution in [0.15, 0.2) is 53.7 Å². The lowest BCUT2D eigenvalue weighted by atomic mass is 10.1. The highest BCUT2D eigenvalue weighted by Gasteiger charge is 2.26. The number of aryl methyl sites for hydroxylation is 1. The number of methoxy groups -OCH3 is 1. The summed E-state index contributed by atoms with van der Waals surface area (Å²) in [4.78, 5) is 15.0. The van der Waals surface area contributed by atoms with Gasteiger partial charge in [-0.15, -0.1) is 10.2 Å². The molecule has 2 aromatic carbocycles. The number of aromatic nitrogens is 3. The highest BCUT2D eigenvalue weighted by Crippen LogP contribution is 2.34. The Balaban J connectivity index is 1.71. The molecular weight excluding hydrogens is 408 g/mol. The number of benzene rings is 2. The maximum atomic E-state index is 13.0. The van der Waals surface area contributed by atoms with E-state index in [4.69, 9.17) is 4.74 Å². The number of para-hydroxylation sites is 1. The lowest BCUT2D eigenvalue weighted by Gasteiger charge is -2.28.